The van der Waals surface area contributed by atoms with Gasteiger partial charge in [-0.1, -0.05) is 6.92 Å². The van der Waals surface area contributed by atoms with Gasteiger partial charge in [-0.05, 0) is 68.2 Å². The van der Waals surface area contributed by atoms with Crippen LogP contribution >= 0.6 is 0 Å². The van der Waals surface area contributed by atoms with Gasteiger partial charge in [-0.25, -0.2) is 24.7 Å². The maximum absolute atomic E-state index is 13.1. The van der Waals surface area contributed by atoms with E-state index in [0.717, 1.165) is 47.7 Å². The lowest BCUT2D eigenvalue weighted by atomic mass is 10.1. The zero-order chi connectivity index (χ0) is 31.0. The van der Waals surface area contributed by atoms with Crippen molar-refractivity contribution in [3.05, 3.63) is 65.8 Å². The SMILES string of the molecule is Cc1ccnc(C2C[C@@H]2C(=O)Nc2nccc(N3C[C@@H](C)C[C@@H]3c3cn4cc(C5CC5)cc(N5CC(=O)N(C)C5=O)c4n3)n2)n1. The van der Waals surface area contributed by atoms with Crippen LogP contribution in [-0.4, -0.2) is 72.2 Å². The summed E-state index contributed by atoms with van der Waals surface area (Å²) in [5, 5.41) is 2.91. The Hall–Kier alpha value is -4.94. The fraction of sp³-hybridized carbons (Fsp3) is 0.438. The second kappa shape index (κ2) is 10.3. The number of likely N-dealkylation sites (N-methyl/N-ethyl adjacent to an activating group) is 1. The maximum atomic E-state index is 13.1. The summed E-state index contributed by atoms with van der Waals surface area (Å²) in [4.78, 5) is 66.4. The highest BCUT2D eigenvalue weighted by Gasteiger charge is 2.46. The molecule has 4 atom stereocenters. The Kier molecular flexibility index (Phi) is 6.33. The molecule has 0 bridgehead atoms. The summed E-state index contributed by atoms with van der Waals surface area (Å²) in [5.74, 6) is 1.95. The molecular formula is C32H34N10O3. The van der Waals surface area contributed by atoms with Crippen molar-refractivity contribution >= 4 is 40.9 Å². The van der Waals surface area contributed by atoms with Gasteiger partial charge in [-0.15, -0.1) is 0 Å². The van der Waals surface area contributed by atoms with E-state index < -0.39 is 0 Å². The summed E-state index contributed by atoms with van der Waals surface area (Å²) in [7, 11) is 1.52. The van der Waals surface area contributed by atoms with Crippen molar-refractivity contribution < 1.29 is 14.4 Å². The van der Waals surface area contributed by atoms with Gasteiger partial charge >= 0.3 is 6.03 Å². The number of carbonyl (C=O) groups is 3. The first kappa shape index (κ1) is 27.6. The molecular weight excluding hydrogens is 572 g/mol. The first-order valence-corrected chi connectivity index (χ1v) is 15.5. The van der Waals surface area contributed by atoms with E-state index in [1.165, 1.54) is 11.9 Å². The van der Waals surface area contributed by atoms with Crippen molar-refractivity contribution in [2.75, 3.05) is 35.3 Å². The number of rotatable bonds is 7. The van der Waals surface area contributed by atoms with Crippen LogP contribution in [0.3, 0.4) is 0 Å². The molecule has 4 amide bonds. The minimum absolute atomic E-state index is 0.00292. The molecule has 45 heavy (non-hydrogen) atoms. The van der Waals surface area contributed by atoms with E-state index in [0.29, 0.717) is 41.2 Å². The number of imidazole rings is 1. The molecule has 1 N–H and O–H groups in total. The van der Waals surface area contributed by atoms with Crippen molar-refractivity contribution in [1.82, 2.24) is 34.2 Å². The lowest BCUT2D eigenvalue weighted by Gasteiger charge is -2.24. The highest BCUT2D eigenvalue weighted by Crippen LogP contribution is 2.47. The molecule has 4 aromatic rings. The number of pyridine rings is 1. The summed E-state index contributed by atoms with van der Waals surface area (Å²) in [6, 6.07) is 5.32. The summed E-state index contributed by atoms with van der Waals surface area (Å²) in [5.41, 5.74) is 4.21. The number of nitrogens with one attached hydrogen (secondary N) is 1. The summed E-state index contributed by atoms with van der Waals surface area (Å²) >= 11 is 0. The second-order valence-corrected chi connectivity index (χ2v) is 12.9. The molecule has 13 heteroatoms. The summed E-state index contributed by atoms with van der Waals surface area (Å²) in [6.45, 7) is 4.89. The molecule has 4 aliphatic rings. The van der Waals surface area contributed by atoms with Gasteiger partial charge in [0.05, 0.1) is 17.4 Å². The fourth-order valence-corrected chi connectivity index (χ4v) is 6.67. The molecule has 0 aromatic carbocycles. The normalized spacial score (nSPS) is 24.6. The van der Waals surface area contributed by atoms with Crippen molar-refractivity contribution in [2.24, 2.45) is 11.8 Å². The number of fused-ring (bicyclic) bond motifs is 1. The monoisotopic (exact) mass is 606 g/mol. The van der Waals surface area contributed by atoms with Crippen LogP contribution < -0.4 is 15.1 Å². The van der Waals surface area contributed by atoms with Crippen molar-refractivity contribution in [3.63, 3.8) is 0 Å². The van der Waals surface area contributed by atoms with Crippen molar-refractivity contribution in [1.29, 1.82) is 0 Å². The first-order chi connectivity index (χ1) is 21.7. The third-order valence-corrected chi connectivity index (χ3v) is 9.39. The van der Waals surface area contributed by atoms with Crippen LogP contribution in [-0.2, 0) is 9.59 Å². The molecule has 8 rings (SSSR count). The Balaban J connectivity index is 1.06. The Morgan fingerprint density at radius 3 is 2.60 bits per heavy atom. The Labute approximate surface area is 259 Å². The van der Waals surface area contributed by atoms with Gasteiger partial charge in [0, 0.05) is 55.9 Å². The molecule has 6 heterocycles. The van der Waals surface area contributed by atoms with E-state index in [4.69, 9.17) is 9.97 Å². The summed E-state index contributed by atoms with van der Waals surface area (Å²) in [6.07, 6.45) is 11.3. The minimum Gasteiger partial charge on any atom is -0.347 e. The molecule has 4 fully saturated rings. The van der Waals surface area contributed by atoms with Crippen molar-refractivity contribution in [2.45, 2.75) is 57.4 Å². The number of nitrogens with zero attached hydrogens (tertiary/aromatic N) is 9. The third-order valence-electron chi connectivity index (χ3n) is 9.39. The lowest BCUT2D eigenvalue weighted by molar-refractivity contribution is -0.124. The maximum Gasteiger partial charge on any atom is 0.331 e. The van der Waals surface area contributed by atoms with Crippen LogP contribution in [0.25, 0.3) is 5.65 Å². The van der Waals surface area contributed by atoms with Gasteiger partial charge in [-0.3, -0.25) is 24.7 Å². The highest BCUT2D eigenvalue weighted by atomic mass is 16.2. The molecule has 0 radical (unpaired) electrons. The average molecular weight is 607 g/mol. The number of imide groups is 1. The van der Waals surface area contributed by atoms with Crippen LogP contribution in [0.5, 0.6) is 0 Å². The van der Waals surface area contributed by atoms with Crippen molar-refractivity contribution in [3.8, 4) is 0 Å². The van der Waals surface area contributed by atoms with Crippen LogP contribution in [0.4, 0.5) is 22.2 Å². The van der Waals surface area contributed by atoms with Crippen LogP contribution in [0.15, 0.2) is 43.0 Å². The van der Waals surface area contributed by atoms with Gasteiger partial charge < -0.3 is 9.30 Å². The lowest BCUT2D eigenvalue weighted by Crippen LogP contribution is -2.30. The summed E-state index contributed by atoms with van der Waals surface area (Å²) < 4.78 is 2.01. The van der Waals surface area contributed by atoms with Gasteiger partial charge in [0.1, 0.15) is 18.2 Å². The second-order valence-electron chi connectivity index (χ2n) is 12.9. The quantitative estimate of drug-likeness (QED) is 0.311. The smallest absolute Gasteiger partial charge is 0.331 e. The Bertz CT molecular complexity index is 1870. The van der Waals surface area contributed by atoms with E-state index in [1.54, 1.807) is 12.4 Å². The Morgan fingerprint density at radius 2 is 1.84 bits per heavy atom. The standard InChI is InChI=1S/C32H34N10O3/c1-17-10-24(23-15-40-14-20(19-4-5-19)11-25(29(40)36-23)42-16-27(43)39(3)32(42)45)41(13-17)26-7-9-34-31(37-26)38-30(44)22-12-21(22)28-33-8-6-18(2)35-28/h6-9,11,14-15,17,19,21-22,24H,4-5,10,12-13,16H2,1-3H3,(H,34,37,38,44)/t17-,21?,22-,24+/m0/s1. The number of anilines is 3. The number of amides is 4. The number of carbonyl (C=O) groups excluding carboxylic acids is 3. The van der Waals surface area contributed by atoms with E-state index >= 15 is 0 Å². The molecule has 2 saturated heterocycles. The van der Waals surface area contributed by atoms with Gasteiger partial charge in [0.25, 0.3) is 0 Å². The average Bonchev–Trinajstić information content (AvgIpc) is 3.94. The van der Waals surface area contributed by atoms with Crippen LogP contribution in [0.2, 0.25) is 0 Å². The topological polar surface area (TPSA) is 142 Å². The van der Waals surface area contributed by atoms with Crippen LogP contribution in [0.1, 0.15) is 73.3 Å². The molecule has 2 saturated carbocycles. The number of hydrogen-bond acceptors (Lipinski definition) is 9. The number of aromatic nitrogens is 6. The van der Waals surface area contributed by atoms with E-state index in [2.05, 4.69) is 38.3 Å². The van der Waals surface area contributed by atoms with Gasteiger partial charge in [0.2, 0.25) is 17.8 Å². The number of urea groups is 1. The van der Waals surface area contributed by atoms with Crippen LogP contribution in [0, 0.1) is 18.8 Å². The highest BCUT2D eigenvalue weighted by molar-refractivity contribution is 6.13. The fourth-order valence-electron chi connectivity index (χ4n) is 6.67. The third kappa shape index (κ3) is 4.95. The molecule has 230 valence electrons. The first-order valence-electron chi connectivity index (χ1n) is 15.5. The predicted molar refractivity (Wildman–Crippen MR) is 165 cm³/mol. The van der Waals surface area contributed by atoms with E-state index in [-0.39, 0.29) is 48.2 Å². The zero-order valence-electron chi connectivity index (χ0n) is 25.4. The molecule has 13 nitrogen and oxygen atoms in total. The molecule has 2 aliphatic carbocycles. The van der Waals surface area contributed by atoms with Gasteiger partial charge in [-0.2, -0.15) is 4.98 Å². The number of hydrogen-bond donors (Lipinski definition) is 1. The minimum atomic E-state index is -0.338. The zero-order valence-corrected chi connectivity index (χ0v) is 25.4. The van der Waals surface area contributed by atoms with E-state index in [9.17, 15) is 14.4 Å². The van der Waals surface area contributed by atoms with E-state index in [1.807, 2.05) is 35.7 Å². The number of aryl methyl sites for hydroxylation is 1. The largest absolute Gasteiger partial charge is 0.347 e. The molecule has 1 unspecified atom stereocenters. The van der Waals surface area contributed by atoms with Gasteiger partial charge in [0.15, 0.2) is 5.65 Å². The molecule has 0 spiro atoms. The molecule has 2 aliphatic heterocycles. The Morgan fingerprint density at radius 1 is 1.02 bits per heavy atom. The predicted octanol–water partition coefficient (Wildman–Crippen LogP) is 3.83. The molecule has 4 aromatic heterocycles.